The fourth-order valence-electron chi connectivity index (χ4n) is 5.34. The summed E-state index contributed by atoms with van der Waals surface area (Å²) in [6.07, 6.45) is 11.1. The number of amides is 1. The van der Waals surface area contributed by atoms with E-state index in [0.717, 1.165) is 51.0 Å². The van der Waals surface area contributed by atoms with Crippen LogP contribution in [0.3, 0.4) is 0 Å². The van der Waals surface area contributed by atoms with Crippen molar-refractivity contribution in [2.75, 3.05) is 39.3 Å². The molecule has 7 nitrogen and oxygen atoms in total. The van der Waals surface area contributed by atoms with E-state index in [-0.39, 0.29) is 30.1 Å². The summed E-state index contributed by atoms with van der Waals surface area (Å²) in [4.78, 5) is 21.9. The molecule has 192 valence electrons. The number of piperidine rings is 2. The molecule has 3 aliphatic rings. The number of nitrogens with one attached hydrogen (secondary N) is 2. The highest BCUT2D eigenvalue weighted by Crippen LogP contribution is 2.26. The van der Waals surface area contributed by atoms with Crippen LogP contribution < -0.4 is 10.6 Å². The lowest BCUT2D eigenvalue weighted by Gasteiger charge is -2.36. The first kappa shape index (κ1) is 28.5. The summed E-state index contributed by atoms with van der Waals surface area (Å²) in [6, 6.07) is 1.36. The highest BCUT2D eigenvalue weighted by molar-refractivity contribution is 14.0. The van der Waals surface area contributed by atoms with Crippen LogP contribution in [0.25, 0.3) is 0 Å². The van der Waals surface area contributed by atoms with Crippen molar-refractivity contribution in [3.8, 4) is 0 Å². The molecule has 3 rings (SSSR count). The average Bonchev–Trinajstić information content (AvgIpc) is 3.28. The number of aliphatic imine (C=N–C) groups is 1. The van der Waals surface area contributed by atoms with E-state index in [4.69, 9.17) is 9.73 Å². The Morgan fingerprint density at radius 2 is 1.73 bits per heavy atom. The van der Waals surface area contributed by atoms with Crippen molar-refractivity contribution in [3.63, 3.8) is 0 Å². The number of halogens is 1. The van der Waals surface area contributed by atoms with Gasteiger partial charge in [0.05, 0.1) is 0 Å². The van der Waals surface area contributed by atoms with Gasteiger partial charge >= 0.3 is 6.09 Å². The Morgan fingerprint density at radius 3 is 2.36 bits per heavy atom. The van der Waals surface area contributed by atoms with Gasteiger partial charge in [0.15, 0.2) is 5.96 Å². The van der Waals surface area contributed by atoms with E-state index in [1.807, 2.05) is 25.7 Å². The second-order valence-electron chi connectivity index (χ2n) is 10.9. The van der Waals surface area contributed by atoms with Gasteiger partial charge in [0.1, 0.15) is 5.60 Å². The van der Waals surface area contributed by atoms with Crippen molar-refractivity contribution >= 4 is 36.0 Å². The number of hydrogen-bond donors (Lipinski definition) is 2. The summed E-state index contributed by atoms with van der Waals surface area (Å²) in [5.41, 5.74) is -0.437. The molecule has 2 saturated heterocycles. The number of hydrogen-bond acceptors (Lipinski definition) is 4. The summed E-state index contributed by atoms with van der Waals surface area (Å²) in [7, 11) is 0. The number of rotatable bonds is 6. The van der Waals surface area contributed by atoms with Gasteiger partial charge in [-0.2, -0.15) is 0 Å². The van der Waals surface area contributed by atoms with Crippen LogP contribution in [-0.2, 0) is 4.74 Å². The van der Waals surface area contributed by atoms with E-state index in [1.54, 1.807) is 0 Å². The molecule has 8 heteroatoms. The zero-order valence-corrected chi connectivity index (χ0v) is 23.7. The average molecular weight is 578 g/mol. The van der Waals surface area contributed by atoms with E-state index in [1.165, 1.54) is 58.0 Å². The number of carbonyl (C=O) groups is 1. The molecule has 0 aromatic rings. The molecule has 1 unspecified atom stereocenters. The van der Waals surface area contributed by atoms with Crippen LogP contribution in [0.15, 0.2) is 4.99 Å². The van der Waals surface area contributed by atoms with Crippen molar-refractivity contribution in [1.29, 1.82) is 0 Å². The number of likely N-dealkylation sites (tertiary alicyclic amines) is 2. The molecular weight excluding hydrogens is 529 g/mol. The Labute approximate surface area is 218 Å². The fourth-order valence-corrected chi connectivity index (χ4v) is 5.34. The lowest BCUT2D eigenvalue weighted by molar-refractivity contribution is 0.0163. The third kappa shape index (κ3) is 9.78. The van der Waals surface area contributed by atoms with Crippen LogP contribution in [0.4, 0.5) is 4.79 Å². The van der Waals surface area contributed by atoms with Crippen molar-refractivity contribution in [2.24, 2.45) is 10.9 Å². The molecule has 0 radical (unpaired) electrons. The minimum absolute atomic E-state index is 0. The van der Waals surface area contributed by atoms with E-state index in [2.05, 4.69) is 22.5 Å². The monoisotopic (exact) mass is 577 g/mol. The maximum Gasteiger partial charge on any atom is 0.410 e. The molecule has 0 aromatic heterocycles. The molecule has 2 N–H and O–H groups in total. The van der Waals surface area contributed by atoms with Gasteiger partial charge in [-0.3, -0.25) is 4.99 Å². The van der Waals surface area contributed by atoms with E-state index >= 15 is 0 Å². The van der Waals surface area contributed by atoms with E-state index in [0.29, 0.717) is 12.0 Å². The van der Waals surface area contributed by atoms with Gasteiger partial charge in [-0.25, -0.2) is 4.79 Å². The SMILES string of the molecule is CCNC(=NCCC1CCCN(C(=O)OC(C)(C)C)C1)NC1CCN(C2CCCC2)CC1.I. The highest BCUT2D eigenvalue weighted by Gasteiger charge is 2.28. The maximum absolute atomic E-state index is 12.4. The lowest BCUT2D eigenvalue weighted by atomic mass is 9.95. The molecule has 0 aromatic carbocycles. The zero-order valence-electron chi connectivity index (χ0n) is 21.4. The second kappa shape index (κ2) is 14.0. The molecule has 3 fully saturated rings. The van der Waals surface area contributed by atoms with Gasteiger partial charge in [0.2, 0.25) is 0 Å². The smallest absolute Gasteiger partial charge is 0.410 e. The zero-order chi connectivity index (χ0) is 23.0. The first-order valence-corrected chi connectivity index (χ1v) is 13.1. The summed E-state index contributed by atoms with van der Waals surface area (Å²) in [6.45, 7) is 13.6. The molecule has 1 atom stereocenters. The van der Waals surface area contributed by atoms with Crippen molar-refractivity contribution < 1.29 is 9.53 Å². The van der Waals surface area contributed by atoms with Gasteiger partial charge in [0.25, 0.3) is 0 Å². The molecule has 2 heterocycles. The van der Waals surface area contributed by atoms with Crippen LogP contribution in [0.1, 0.15) is 85.5 Å². The minimum Gasteiger partial charge on any atom is -0.444 e. The van der Waals surface area contributed by atoms with Gasteiger partial charge in [0, 0.05) is 51.4 Å². The summed E-state index contributed by atoms with van der Waals surface area (Å²) in [5, 5.41) is 7.11. The van der Waals surface area contributed by atoms with Gasteiger partial charge in [-0.1, -0.05) is 12.8 Å². The maximum atomic E-state index is 12.4. The lowest BCUT2D eigenvalue weighted by Crippen LogP contribution is -2.50. The number of guanidine groups is 1. The molecule has 1 saturated carbocycles. The molecule has 0 spiro atoms. The van der Waals surface area contributed by atoms with E-state index < -0.39 is 5.60 Å². The highest BCUT2D eigenvalue weighted by atomic mass is 127. The van der Waals surface area contributed by atoms with Crippen LogP contribution >= 0.6 is 24.0 Å². The second-order valence-corrected chi connectivity index (χ2v) is 10.9. The fraction of sp³-hybridized carbons (Fsp3) is 0.920. The van der Waals surface area contributed by atoms with Crippen LogP contribution in [-0.4, -0.2) is 78.8 Å². The van der Waals surface area contributed by atoms with Gasteiger partial charge in [-0.15, -0.1) is 24.0 Å². The Kier molecular flexibility index (Phi) is 12.0. The van der Waals surface area contributed by atoms with Gasteiger partial charge < -0.3 is 25.2 Å². The Hall–Kier alpha value is -0.770. The van der Waals surface area contributed by atoms with E-state index in [9.17, 15) is 4.79 Å². The minimum atomic E-state index is -0.437. The molecule has 1 aliphatic carbocycles. The van der Waals surface area contributed by atoms with Crippen molar-refractivity contribution in [3.05, 3.63) is 0 Å². The number of nitrogens with zero attached hydrogens (tertiary/aromatic N) is 3. The Balaban J connectivity index is 0.00000385. The first-order valence-electron chi connectivity index (χ1n) is 13.1. The van der Waals surface area contributed by atoms with Crippen LogP contribution in [0, 0.1) is 5.92 Å². The number of ether oxygens (including phenoxy) is 1. The number of carbonyl (C=O) groups excluding carboxylic acids is 1. The molecule has 2 aliphatic heterocycles. The van der Waals surface area contributed by atoms with Crippen molar-refractivity contribution in [1.82, 2.24) is 20.4 Å². The standard InChI is InChI=1S/C25H47N5O2.HI/c1-5-26-23(28-21-13-17-29(18-14-21)22-10-6-7-11-22)27-15-12-20-9-8-16-30(19-20)24(31)32-25(2,3)4;/h20-22H,5-19H2,1-4H3,(H2,26,27,28);1H. The topological polar surface area (TPSA) is 69.2 Å². The molecule has 0 bridgehead atoms. The van der Waals surface area contributed by atoms with Crippen molar-refractivity contribution in [2.45, 2.75) is 103 Å². The first-order chi connectivity index (χ1) is 15.3. The third-order valence-electron chi connectivity index (χ3n) is 7.03. The summed E-state index contributed by atoms with van der Waals surface area (Å²) >= 11 is 0. The largest absolute Gasteiger partial charge is 0.444 e. The summed E-state index contributed by atoms with van der Waals surface area (Å²) in [5.74, 6) is 1.45. The molecule has 33 heavy (non-hydrogen) atoms. The normalized spacial score (nSPS) is 23.8. The van der Waals surface area contributed by atoms with Gasteiger partial charge in [-0.05, 0) is 78.6 Å². The quantitative estimate of drug-likeness (QED) is 0.274. The van der Waals surface area contributed by atoms with Crippen LogP contribution in [0.5, 0.6) is 0 Å². The Bertz CT molecular complexity index is 610. The predicted octanol–water partition coefficient (Wildman–Crippen LogP) is 4.60. The molecule has 1 amide bonds. The third-order valence-corrected chi connectivity index (χ3v) is 7.03. The summed E-state index contributed by atoms with van der Waals surface area (Å²) < 4.78 is 5.56. The Morgan fingerprint density at radius 1 is 1.03 bits per heavy atom. The predicted molar refractivity (Wildman–Crippen MR) is 147 cm³/mol. The van der Waals surface area contributed by atoms with Crippen LogP contribution in [0.2, 0.25) is 0 Å². The molecular formula is C25H48IN5O2.